The summed E-state index contributed by atoms with van der Waals surface area (Å²) in [6.45, 7) is 4.80. The fraction of sp³-hybridized carbons (Fsp3) is 0.571. The van der Waals surface area contributed by atoms with Gasteiger partial charge in [0.1, 0.15) is 0 Å². The molecule has 0 radical (unpaired) electrons. The minimum Gasteiger partial charge on any atom is -0.388 e. The highest BCUT2D eigenvalue weighted by atomic mass is 32.2. The van der Waals surface area contributed by atoms with Crippen LogP contribution in [0.1, 0.15) is 24.0 Å². The first-order valence-corrected chi connectivity index (χ1v) is 8.31. The Morgan fingerprint density at radius 1 is 1.25 bits per heavy atom. The van der Waals surface area contributed by atoms with Gasteiger partial charge in [-0.25, -0.2) is 13.1 Å². The van der Waals surface area contributed by atoms with E-state index in [0.29, 0.717) is 18.1 Å². The first-order valence-electron chi connectivity index (χ1n) is 6.83. The molecule has 112 valence electrons. The van der Waals surface area contributed by atoms with Crippen LogP contribution in [0.2, 0.25) is 0 Å². The molecule has 0 aromatic heterocycles. The van der Waals surface area contributed by atoms with Crippen molar-refractivity contribution >= 4 is 15.7 Å². The van der Waals surface area contributed by atoms with Gasteiger partial charge in [-0.15, -0.1) is 0 Å². The first-order chi connectivity index (χ1) is 9.44. The third-order valence-corrected chi connectivity index (χ3v) is 5.32. The van der Waals surface area contributed by atoms with Crippen LogP contribution in [-0.4, -0.2) is 34.7 Å². The Kier molecular flexibility index (Phi) is 4.67. The van der Waals surface area contributed by atoms with Crippen molar-refractivity contribution < 1.29 is 13.2 Å². The molecule has 0 bridgehead atoms. The average Bonchev–Trinajstić information content (AvgIpc) is 2.37. The van der Waals surface area contributed by atoms with Crippen molar-refractivity contribution in [1.29, 1.82) is 0 Å². The molecule has 1 aromatic rings. The molecule has 0 spiro atoms. The van der Waals surface area contributed by atoms with Gasteiger partial charge in [-0.1, -0.05) is 0 Å². The molecule has 1 aliphatic heterocycles. The Morgan fingerprint density at radius 2 is 1.90 bits per heavy atom. The summed E-state index contributed by atoms with van der Waals surface area (Å²) in [5, 5.41) is 3.03. The number of aryl methyl sites for hydroxylation is 2. The van der Waals surface area contributed by atoms with E-state index >= 15 is 0 Å². The predicted molar refractivity (Wildman–Crippen MR) is 79.6 cm³/mol. The summed E-state index contributed by atoms with van der Waals surface area (Å²) >= 11 is 0. The van der Waals surface area contributed by atoms with Gasteiger partial charge in [0, 0.05) is 25.4 Å². The van der Waals surface area contributed by atoms with E-state index in [1.165, 1.54) is 0 Å². The van der Waals surface area contributed by atoms with Gasteiger partial charge in [0.05, 0.1) is 11.5 Å². The lowest BCUT2D eigenvalue weighted by Crippen LogP contribution is -2.41. The van der Waals surface area contributed by atoms with Crippen molar-refractivity contribution in [2.75, 3.05) is 25.6 Å². The zero-order chi connectivity index (χ0) is 14.8. The zero-order valence-corrected chi connectivity index (χ0v) is 13.0. The van der Waals surface area contributed by atoms with E-state index in [1.54, 1.807) is 0 Å². The van der Waals surface area contributed by atoms with Gasteiger partial charge in [0.15, 0.2) is 0 Å². The molecular weight excluding hydrogens is 276 g/mol. The number of nitrogens with one attached hydrogen (secondary N) is 2. The normalized spacial score (nSPS) is 19.9. The number of anilines is 1. The van der Waals surface area contributed by atoms with Crippen LogP contribution in [0.5, 0.6) is 0 Å². The maximum absolute atomic E-state index is 12.6. The van der Waals surface area contributed by atoms with Crippen molar-refractivity contribution in [3.05, 3.63) is 23.3 Å². The van der Waals surface area contributed by atoms with Crippen LogP contribution in [-0.2, 0) is 14.8 Å². The lowest BCUT2D eigenvalue weighted by atomic mass is 10.1. The Bertz CT molecular complexity index is 555. The van der Waals surface area contributed by atoms with Crippen LogP contribution in [0.3, 0.4) is 0 Å². The second-order valence-electron chi connectivity index (χ2n) is 5.22. The predicted octanol–water partition coefficient (Wildman–Crippen LogP) is 1.80. The minimum absolute atomic E-state index is 0.128. The number of sulfonamides is 1. The SMILES string of the molecule is CNc1cc(C)c(S(=O)(=O)NC2CCCOC2)c(C)c1. The van der Waals surface area contributed by atoms with Crippen LogP contribution >= 0.6 is 0 Å². The maximum Gasteiger partial charge on any atom is 0.241 e. The summed E-state index contributed by atoms with van der Waals surface area (Å²) in [4.78, 5) is 0.377. The molecule has 5 nitrogen and oxygen atoms in total. The van der Waals surface area contributed by atoms with Gasteiger partial charge in [0.25, 0.3) is 0 Å². The smallest absolute Gasteiger partial charge is 0.241 e. The Balaban J connectivity index is 2.29. The fourth-order valence-corrected chi connectivity index (χ4v) is 4.34. The van der Waals surface area contributed by atoms with E-state index in [-0.39, 0.29) is 6.04 Å². The van der Waals surface area contributed by atoms with E-state index in [4.69, 9.17) is 4.74 Å². The average molecular weight is 298 g/mol. The van der Waals surface area contributed by atoms with Crippen LogP contribution in [0, 0.1) is 13.8 Å². The molecule has 0 amide bonds. The lowest BCUT2D eigenvalue weighted by Gasteiger charge is -2.24. The van der Waals surface area contributed by atoms with Crippen molar-refractivity contribution in [2.45, 2.75) is 37.6 Å². The van der Waals surface area contributed by atoms with Gasteiger partial charge >= 0.3 is 0 Å². The molecule has 1 aromatic carbocycles. The summed E-state index contributed by atoms with van der Waals surface area (Å²) in [5.74, 6) is 0. The highest BCUT2D eigenvalue weighted by molar-refractivity contribution is 7.89. The Hall–Kier alpha value is -1.11. The second-order valence-corrected chi connectivity index (χ2v) is 6.88. The Labute approximate surface area is 120 Å². The van der Waals surface area contributed by atoms with E-state index < -0.39 is 10.0 Å². The van der Waals surface area contributed by atoms with Crippen LogP contribution in [0.4, 0.5) is 5.69 Å². The Morgan fingerprint density at radius 3 is 2.40 bits per heavy atom. The summed E-state index contributed by atoms with van der Waals surface area (Å²) in [6, 6.07) is 3.56. The topological polar surface area (TPSA) is 67.4 Å². The molecule has 1 heterocycles. The molecule has 2 rings (SSSR count). The molecule has 1 fully saturated rings. The van der Waals surface area contributed by atoms with Crippen molar-refractivity contribution in [3.63, 3.8) is 0 Å². The molecule has 20 heavy (non-hydrogen) atoms. The summed E-state index contributed by atoms with van der Waals surface area (Å²) in [7, 11) is -1.68. The quantitative estimate of drug-likeness (QED) is 0.889. The largest absolute Gasteiger partial charge is 0.388 e. The summed E-state index contributed by atoms with van der Waals surface area (Å²) < 4.78 is 33.2. The van der Waals surface area contributed by atoms with Gasteiger partial charge in [-0.05, 0) is 49.9 Å². The number of hydrogen-bond acceptors (Lipinski definition) is 4. The third kappa shape index (κ3) is 3.31. The molecule has 1 atom stereocenters. The van der Waals surface area contributed by atoms with E-state index in [0.717, 1.165) is 29.7 Å². The molecule has 1 saturated heterocycles. The fourth-order valence-electron chi connectivity index (χ4n) is 2.63. The van der Waals surface area contributed by atoms with Crippen molar-refractivity contribution in [3.8, 4) is 0 Å². The minimum atomic E-state index is -3.50. The highest BCUT2D eigenvalue weighted by Gasteiger charge is 2.25. The zero-order valence-electron chi connectivity index (χ0n) is 12.2. The van der Waals surface area contributed by atoms with Crippen molar-refractivity contribution in [1.82, 2.24) is 4.72 Å². The molecular formula is C14H22N2O3S. The molecule has 0 saturated carbocycles. The standard InChI is InChI=1S/C14H22N2O3S/c1-10-7-13(15-3)8-11(2)14(10)20(17,18)16-12-5-4-6-19-9-12/h7-8,12,15-16H,4-6,9H2,1-3H3. The number of benzene rings is 1. The van der Waals surface area contributed by atoms with Crippen LogP contribution < -0.4 is 10.0 Å². The van der Waals surface area contributed by atoms with E-state index in [9.17, 15) is 8.42 Å². The van der Waals surface area contributed by atoms with Crippen LogP contribution in [0.25, 0.3) is 0 Å². The summed E-state index contributed by atoms with van der Waals surface area (Å²) in [6.07, 6.45) is 1.72. The van der Waals surface area contributed by atoms with Gasteiger partial charge in [-0.2, -0.15) is 0 Å². The molecule has 1 unspecified atom stereocenters. The molecule has 2 N–H and O–H groups in total. The molecule has 0 aliphatic carbocycles. The van der Waals surface area contributed by atoms with Crippen LogP contribution in [0.15, 0.2) is 17.0 Å². The molecule has 6 heteroatoms. The lowest BCUT2D eigenvalue weighted by molar-refractivity contribution is 0.0774. The number of ether oxygens (including phenoxy) is 1. The third-order valence-electron chi connectivity index (χ3n) is 3.50. The maximum atomic E-state index is 12.6. The monoisotopic (exact) mass is 298 g/mol. The number of hydrogen-bond donors (Lipinski definition) is 2. The van der Waals surface area contributed by atoms with E-state index in [2.05, 4.69) is 10.0 Å². The highest BCUT2D eigenvalue weighted by Crippen LogP contribution is 2.25. The van der Waals surface area contributed by atoms with Gasteiger partial charge in [0.2, 0.25) is 10.0 Å². The molecule has 1 aliphatic rings. The number of rotatable bonds is 4. The van der Waals surface area contributed by atoms with E-state index in [1.807, 2.05) is 33.0 Å². The van der Waals surface area contributed by atoms with Gasteiger partial charge < -0.3 is 10.1 Å². The van der Waals surface area contributed by atoms with Crippen molar-refractivity contribution in [2.24, 2.45) is 0 Å². The summed E-state index contributed by atoms with van der Waals surface area (Å²) in [5.41, 5.74) is 2.41. The van der Waals surface area contributed by atoms with Gasteiger partial charge in [-0.3, -0.25) is 0 Å². The second kappa shape index (κ2) is 6.11. The first kappa shape index (κ1) is 15.3.